The normalized spacial score (nSPS) is 11.7. The molecule has 21 heavy (non-hydrogen) atoms. The molecule has 1 atom stereocenters. The first-order chi connectivity index (χ1) is 10.0. The second-order valence-electron chi connectivity index (χ2n) is 4.81. The standard InChI is InChI=1S/C16H16N2O3/c1-11-14(9-6-10-15(11)18(20)21)16(19)17-12(2)13-7-4-3-5-8-13/h3-10,12H,1-2H3,(H,17,19)/t12-/m1/s1. The van der Waals surface area contributed by atoms with E-state index in [-0.39, 0.29) is 17.6 Å². The van der Waals surface area contributed by atoms with Crippen LogP contribution in [0.25, 0.3) is 0 Å². The maximum atomic E-state index is 12.3. The molecule has 0 unspecified atom stereocenters. The van der Waals surface area contributed by atoms with Gasteiger partial charge in [0.05, 0.1) is 11.0 Å². The number of nitro benzene ring substituents is 1. The molecule has 2 rings (SSSR count). The van der Waals surface area contributed by atoms with Gasteiger partial charge in [-0.1, -0.05) is 36.4 Å². The minimum atomic E-state index is -0.479. The molecular formula is C16H16N2O3. The van der Waals surface area contributed by atoms with E-state index in [1.54, 1.807) is 13.0 Å². The fourth-order valence-corrected chi connectivity index (χ4v) is 2.17. The Kier molecular flexibility index (Phi) is 4.33. The SMILES string of the molecule is Cc1c(C(=O)N[C@H](C)c2ccccc2)cccc1[N+](=O)[O-]. The van der Waals surface area contributed by atoms with Gasteiger partial charge in [-0.3, -0.25) is 14.9 Å². The van der Waals surface area contributed by atoms with Crippen LogP contribution in [0.1, 0.15) is 34.5 Å². The quantitative estimate of drug-likeness (QED) is 0.691. The fourth-order valence-electron chi connectivity index (χ4n) is 2.17. The lowest BCUT2D eigenvalue weighted by molar-refractivity contribution is -0.385. The number of nitro groups is 1. The Morgan fingerprint density at radius 3 is 2.43 bits per heavy atom. The van der Waals surface area contributed by atoms with Crippen molar-refractivity contribution in [3.63, 3.8) is 0 Å². The van der Waals surface area contributed by atoms with Crippen molar-refractivity contribution in [1.29, 1.82) is 0 Å². The van der Waals surface area contributed by atoms with Gasteiger partial charge in [0, 0.05) is 17.2 Å². The van der Waals surface area contributed by atoms with Gasteiger partial charge in [-0.15, -0.1) is 0 Å². The van der Waals surface area contributed by atoms with E-state index in [0.29, 0.717) is 11.1 Å². The molecule has 0 aliphatic heterocycles. The largest absolute Gasteiger partial charge is 0.346 e. The molecule has 2 aromatic rings. The Labute approximate surface area is 122 Å². The van der Waals surface area contributed by atoms with Crippen molar-refractivity contribution < 1.29 is 9.72 Å². The lowest BCUT2D eigenvalue weighted by atomic mass is 10.0. The van der Waals surface area contributed by atoms with Crippen molar-refractivity contribution >= 4 is 11.6 Å². The van der Waals surface area contributed by atoms with Gasteiger partial charge in [0.1, 0.15) is 0 Å². The fraction of sp³-hybridized carbons (Fsp3) is 0.188. The minimum Gasteiger partial charge on any atom is -0.346 e. The molecule has 0 aromatic heterocycles. The van der Waals surface area contributed by atoms with Crippen molar-refractivity contribution in [2.45, 2.75) is 19.9 Å². The predicted octanol–water partition coefficient (Wildman–Crippen LogP) is 3.39. The van der Waals surface area contributed by atoms with Crippen molar-refractivity contribution in [3.8, 4) is 0 Å². The van der Waals surface area contributed by atoms with E-state index >= 15 is 0 Å². The molecule has 1 amide bonds. The van der Waals surface area contributed by atoms with Gasteiger partial charge in [-0.25, -0.2) is 0 Å². The molecule has 0 saturated carbocycles. The third kappa shape index (κ3) is 3.25. The van der Waals surface area contributed by atoms with E-state index in [1.807, 2.05) is 37.3 Å². The minimum absolute atomic E-state index is 0.0463. The first-order valence-electron chi connectivity index (χ1n) is 6.60. The van der Waals surface area contributed by atoms with Gasteiger partial charge in [0.15, 0.2) is 0 Å². The third-order valence-electron chi connectivity index (χ3n) is 3.39. The Morgan fingerprint density at radius 2 is 1.81 bits per heavy atom. The number of nitrogens with one attached hydrogen (secondary N) is 1. The Hall–Kier alpha value is -2.69. The smallest absolute Gasteiger partial charge is 0.273 e. The van der Waals surface area contributed by atoms with Crippen molar-refractivity contribution in [2.75, 3.05) is 0 Å². The summed E-state index contributed by atoms with van der Waals surface area (Å²) >= 11 is 0. The van der Waals surface area contributed by atoms with E-state index < -0.39 is 4.92 Å². The van der Waals surface area contributed by atoms with Crippen LogP contribution < -0.4 is 5.32 Å². The summed E-state index contributed by atoms with van der Waals surface area (Å²) in [5, 5.41) is 13.8. The van der Waals surface area contributed by atoms with Crippen LogP contribution >= 0.6 is 0 Å². The van der Waals surface area contributed by atoms with Crippen molar-refractivity contribution in [1.82, 2.24) is 5.32 Å². The average Bonchev–Trinajstić information content (AvgIpc) is 2.47. The van der Waals surface area contributed by atoms with Gasteiger partial charge in [0.2, 0.25) is 0 Å². The zero-order chi connectivity index (χ0) is 15.4. The average molecular weight is 284 g/mol. The van der Waals surface area contributed by atoms with E-state index in [2.05, 4.69) is 5.32 Å². The number of carbonyl (C=O) groups is 1. The molecule has 2 aromatic carbocycles. The molecule has 1 N–H and O–H groups in total. The number of hydrogen-bond donors (Lipinski definition) is 1. The highest BCUT2D eigenvalue weighted by atomic mass is 16.6. The van der Waals surface area contributed by atoms with Gasteiger partial charge in [-0.05, 0) is 25.5 Å². The predicted molar refractivity (Wildman–Crippen MR) is 80.2 cm³/mol. The summed E-state index contributed by atoms with van der Waals surface area (Å²) in [6.45, 7) is 3.46. The molecule has 5 heteroatoms. The van der Waals surface area contributed by atoms with Crippen LogP contribution in [0.15, 0.2) is 48.5 Å². The molecule has 0 heterocycles. The summed E-state index contributed by atoms with van der Waals surface area (Å²) in [5.74, 6) is -0.312. The van der Waals surface area contributed by atoms with Crippen LogP contribution in [0.2, 0.25) is 0 Å². The van der Waals surface area contributed by atoms with Crippen LogP contribution in [0.3, 0.4) is 0 Å². The van der Waals surface area contributed by atoms with E-state index in [0.717, 1.165) is 5.56 Å². The van der Waals surface area contributed by atoms with Gasteiger partial charge >= 0.3 is 0 Å². The maximum absolute atomic E-state index is 12.3. The van der Waals surface area contributed by atoms with E-state index in [1.165, 1.54) is 12.1 Å². The molecule has 0 saturated heterocycles. The lowest BCUT2D eigenvalue weighted by Crippen LogP contribution is -2.27. The zero-order valence-electron chi connectivity index (χ0n) is 11.9. The number of benzene rings is 2. The summed E-state index contributed by atoms with van der Waals surface area (Å²) < 4.78 is 0. The molecule has 0 bridgehead atoms. The highest BCUT2D eigenvalue weighted by molar-refractivity contribution is 5.96. The second kappa shape index (κ2) is 6.17. The molecular weight excluding hydrogens is 268 g/mol. The molecule has 0 radical (unpaired) electrons. The lowest BCUT2D eigenvalue weighted by Gasteiger charge is -2.15. The summed E-state index contributed by atoms with van der Waals surface area (Å²) in [4.78, 5) is 22.7. The summed E-state index contributed by atoms with van der Waals surface area (Å²) in [6.07, 6.45) is 0. The summed E-state index contributed by atoms with van der Waals surface area (Å²) in [7, 11) is 0. The van der Waals surface area contributed by atoms with Crippen LogP contribution in [0, 0.1) is 17.0 Å². The van der Waals surface area contributed by atoms with Gasteiger partial charge in [-0.2, -0.15) is 0 Å². The zero-order valence-corrected chi connectivity index (χ0v) is 11.9. The first-order valence-corrected chi connectivity index (χ1v) is 6.60. The summed E-state index contributed by atoms with van der Waals surface area (Å²) in [6, 6.07) is 13.9. The number of amides is 1. The van der Waals surface area contributed by atoms with Crippen LogP contribution in [-0.4, -0.2) is 10.8 Å². The maximum Gasteiger partial charge on any atom is 0.273 e. The van der Waals surface area contributed by atoms with Gasteiger partial charge < -0.3 is 5.32 Å². The van der Waals surface area contributed by atoms with Crippen LogP contribution in [-0.2, 0) is 0 Å². The van der Waals surface area contributed by atoms with Crippen molar-refractivity contribution in [2.24, 2.45) is 0 Å². The van der Waals surface area contributed by atoms with Crippen molar-refractivity contribution in [3.05, 3.63) is 75.3 Å². The number of rotatable bonds is 4. The Morgan fingerprint density at radius 1 is 1.14 bits per heavy atom. The number of nitrogens with zero attached hydrogens (tertiary/aromatic N) is 1. The number of carbonyl (C=O) groups excluding carboxylic acids is 1. The first kappa shape index (κ1) is 14.7. The highest BCUT2D eigenvalue weighted by Crippen LogP contribution is 2.22. The molecule has 5 nitrogen and oxygen atoms in total. The highest BCUT2D eigenvalue weighted by Gasteiger charge is 2.19. The van der Waals surface area contributed by atoms with Crippen LogP contribution in [0.5, 0.6) is 0 Å². The Balaban J connectivity index is 2.22. The second-order valence-corrected chi connectivity index (χ2v) is 4.81. The third-order valence-corrected chi connectivity index (χ3v) is 3.39. The Bertz CT molecular complexity index is 668. The van der Waals surface area contributed by atoms with Crippen LogP contribution in [0.4, 0.5) is 5.69 Å². The van der Waals surface area contributed by atoms with E-state index in [9.17, 15) is 14.9 Å². The molecule has 0 spiro atoms. The molecule has 0 aliphatic rings. The molecule has 0 aliphatic carbocycles. The topological polar surface area (TPSA) is 72.2 Å². The van der Waals surface area contributed by atoms with Gasteiger partial charge in [0.25, 0.3) is 11.6 Å². The molecule has 108 valence electrons. The monoisotopic (exact) mass is 284 g/mol. The number of hydrogen-bond acceptors (Lipinski definition) is 3. The molecule has 0 fully saturated rings. The van der Waals surface area contributed by atoms with E-state index in [4.69, 9.17) is 0 Å². The summed E-state index contributed by atoms with van der Waals surface area (Å²) in [5.41, 5.74) is 1.64.